The number of para-hydroxylation sites is 1. The SMILES string of the molecule is CCc1cccc(C)c1-n1cnc(NCCOCCc2ccccc2)nc1=O. The Balaban J connectivity index is 1.53. The number of anilines is 1. The van der Waals surface area contributed by atoms with Crippen LogP contribution in [0.1, 0.15) is 23.6 Å². The zero-order chi connectivity index (χ0) is 19.8. The van der Waals surface area contributed by atoms with E-state index in [0.717, 1.165) is 29.7 Å². The summed E-state index contributed by atoms with van der Waals surface area (Å²) in [6.45, 7) is 5.78. The molecule has 6 heteroatoms. The Morgan fingerprint density at radius 3 is 2.64 bits per heavy atom. The quantitative estimate of drug-likeness (QED) is 0.579. The third-order valence-electron chi connectivity index (χ3n) is 4.55. The molecule has 0 saturated carbocycles. The topological polar surface area (TPSA) is 69.0 Å². The average molecular weight is 378 g/mol. The summed E-state index contributed by atoms with van der Waals surface area (Å²) >= 11 is 0. The minimum absolute atomic E-state index is 0.319. The largest absolute Gasteiger partial charge is 0.379 e. The number of hydrogen-bond acceptors (Lipinski definition) is 5. The van der Waals surface area contributed by atoms with Crippen molar-refractivity contribution in [2.24, 2.45) is 0 Å². The molecule has 1 aromatic heterocycles. The summed E-state index contributed by atoms with van der Waals surface area (Å²) in [5, 5.41) is 3.05. The van der Waals surface area contributed by atoms with E-state index in [1.807, 2.05) is 43.3 Å². The molecule has 1 heterocycles. The van der Waals surface area contributed by atoms with Gasteiger partial charge in [-0.05, 0) is 36.5 Å². The van der Waals surface area contributed by atoms with Crippen LogP contribution in [0, 0.1) is 6.92 Å². The van der Waals surface area contributed by atoms with Gasteiger partial charge in [0.05, 0.1) is 18.9 Å². The van der Waals surface area contributed by atoms with Gasteiger partial charge in [-0.1, -0.05) is 55.5 Å². The first-order valence-electron chi connectivity index (χ1n) is 9.59. The molecule has 146 valence electrons. The van der Waals surface area contributed by atoms with Crippen LogP contribution in [0.25, 0.3) is 5.69 Å². The molecule has 0 aliphatic heterocycles. The van der Waals surface area contributed by atoms with E-state index in [9.17, 15) is 4.79 Å². The van der Waals surface area contributed by atoms with Crippen molar-refractivity contribution < 1.29 is 4.74 Å². The summed E-state index contributed by atoms with van der Waals surface area (Å²) in [4.78, 5) is 20.8. The Bertz CT molecular complexity index is 954. The zero-order valence-corrected chi connectivity index (χ0v) is 16.4. The molecular weight excluding hydrogens is 352 g/mol. The molecule has 3 rings (SSSR count). The van der Waals surface area contributed by atoms with Crippen LogP contribution in [0.2, 0.25) is 0 Å². The average Bonchev–Trinajstić information content (AvgIpc) is 2.72. The summed E-state index contributed by atoms with van der Waals surface area (Å²) in [6, 6.07) is 16.2. The standard InChI is InChI=1S/C22H26N4O2/c1-3-19-11-7-8-17(2)20(19)26-16-24-21(25-22(26)27)23-13-15-28-14-12-18-9-5-4-6-10-18/h4-11,16H,3,12-15H2,1-2H3,(H,23,25,27). The first-order chi connectivity index (χ1) is 13.7. The fourth-order valence-corrected chi connectivity index (χ4v) is 3.10. The van der Waals surface area contributed by atoms with E-state index in [4.69, 9.17) is 4.74 Å². The van der Waals surface area contributed by atoms with Crippen molar-refractivity contribution >= 4 is 5.95 Å². The number of rotatable bonds is 9. The van der Waals surface area contributed by atoms with Crippen molar-refractivity contribution in [2.45, 2.75) is 26.7 Å². The van der Waals surface area contributed by atoms with Gasteiger partial charge in [0, 0.05) is 6.54 Å². The maximum absolute atomic E-state index is 12.5. The normalized spacial score (nSPS) is 10.8. The third-order valence-corrected chi connectivity index (χ3v) is 4.55. The monoisotopic (exact) mass is 378 g/mol. The lowest BCUT2D eigenvalue weighted by molar-refractivity contribution is 0.147. The summed E-state index contributed by atoms with van der Waals surface area (Å²) in [6.07, 6.45) is 3.25. The Kier molecular flexibility index (Phi) is 6.92. The van der Waals surface area contributed by atoms with Gasteiger partial charge in [0.25, 0.3) is 0 Å². The number of ether oxygens (including phenoxy) is 1. The molecular formula is C22H26N4O2. The van der Waals surface area contributed by atoms with Crippen LogP contribution in [0.4, 0.5) is 5.95 Å². The highest BCUT2D eigenvalue weighted by Gasteiger charge is 2.10. The van der Waals surface area contributed by atoms with Crippen LogP contribution >= 0.6 is 0 Å². The highest BCUT2D eigenvalue weighted by molar-refractivity contribution is 5.47. The summed E-state index contributed by atoms with van der Waals surface area (Å²) in [5.41, 5.74) is 3.90. The van der Waals surface area contributed by atoms with Gasteiger partial charge in [0.15, 0.2) is 0 Å². The number of hydrogen-bond donors (Lipinski definition) is 1. The molecule has 0 saturated heterocycles. The Morgan fingerprint density at radius 2 is 1.89 bits per heavy atom. The van der Waals surface area contributed by atoms with Gasteiger partial charge in [0.2, 0.25) is 5.95 Å². The lowest BCUT2D eigenvalue weighted by Crippen LogP contribution is -2.25. The summed E-state index contributed by atoms with van der Waals surface area (Å²) < 4.78 is 7.14. The summed E-state index contributed by atoms with van der Waals surface area (Å²) in [7, 11) is 0. The highest BCUT2D eigenvalue weighted by atomic mass is 16.5. The summed E-state index contributed by atoms with van der Waals surface area (Å²) in [5.74, 6) is 0.319. The number of nitrogens with one attached hydrogen (secondary N) is 1. The number of benzene rings is 2. The Labute approximate surface area is 165 Å². The number of aryl methyl sites for hydroxylation is 2. The molecule has 0 atom stereocenters. The molecule has 28 heavy (non-hydrogen) atoms. The zero-order valence-electron chi connectivity index (χ0n) is 16.4. The van der Waals surface area contributed by atoms with E-state index in [2.05, 4.69) is 34.3 Å². The van der Waals surface area contributed by atoms with Crippen molar-refractivity contribution in [1.82, 2.24) is 14.5 Å². The molecule has 0 radical (unpaired) electrons. The van der Waals surface area contributed by atoms with Gasteiger partial charge in [0.1, 0.15) is 6.33 Å². The van der Waals surface area contributed by atoms with Crippen LogP contribution in [0.15, 0.2) is 59.7 Å². The predicted molar refractivity (Wildman–Crippen MR) is 111 cm³/mol. The van der Waals surface area contributed by atoms with Gasteiger partial charge in [-0.3, -0.25) is 4.57 Å². The van der Waals surface area contributed by atoms with Crippen molar-refractivity contribution in [2.75, 3.05) is 25.1 Å². The van der Waals surface area contributed by atoms with Crippen molar-refractivity contribution in [1.29, 1.82) is 0 Å². The molecule has 0 fully saturated rings. The molecule has 1 N–H and O–H groups in total. The first kappa shape index (κ1) is 19.8. The van der Waals surface area contributed by atoms with Gasteiger partial charge < -0.3 is 10.1 Å². The minimum Gasteiger partial charge on any atom is -0.379 e. The van der Waals surface area contributed by atoms with Crippen LogP contribution in [0.3, 0.4) is 0 Å². The van der Waals surface area contributed by atoms with Crippen molar-refractivity contribution in [3.8, 4) is 5.69 Å². The highest BCUT2D eigenvalue weighted by Crippen LogP contribution is 2.18. The Morgan fingerprint density at radius 1 is 1.07 bits per heavy atom. The maximum atomic E-state index is 12.5. The van der Waals surface area contributed by atoms with Crippen LogP contribution < -0.4 is 11.0 Å². The Hall–Kier alpha value is -2.99. The number of nitrogens with zero attached hydrogens (tertiary/aromatic N) is 3. The van der Waals surface area contributed by atoms with Gasteiger partial charge >= 0.3 is 5.69 Å². The predicted octanol–water partition coefficient (Wildman–Crippen LogP) is 3.17. The van der Waals surface area contributed by atoms with E-state index in [-0.39, 0.29) is 5.69 Å². The van der Waals surface area contributed by atoms with Crippen LogP contribution in [0.5, 0.6) is 0 Å². The third kappa shape index (κ3) is 5.04. The van der Waals surface area contributed by atoms with Gasteiger partial charge in [-0.15, -0.1) is 0 Å². The lowest BCUT2D eigenvalue weighted by atomic mass is 10.1. The van der Waals surface area contributed by atoms with E-state index < -0.39 is 0 Å². The molecule has 0 bridgehead atoms. The smallest absolute Gasteiger partial charge is 0.356 e. The van der Waals surface area contributed by atoms with Crippen LogP contribution in [-0.2, 0) is 17.6 Å². The molecule has 2 aromatic carbocycles. The van der Waals surface area contributed by atoms with E-state index in [0.29, 0.717) is 25.7 Å². The molecule has 0 aliphatic rings. The van der Waals surface area contributed by atoms with Crippen LogP contribution in [-0.4, -0.2) is 34.3 Å². The van der Waals surface area contributed by atoms with Crippen molar-refractivity contribution in [3.05, 3.63) is 82.0 Å². The number of aromatic nitrogens is 3. The molecule has 0 aliphatic carbocycles. The van der Waals surface area contributed by atoms with Gasteiger partial charge in [-0.25, -0.2) is 9.78 Å². The molecule has 0 spiro atoms. The van der Waals surface area contributed by atoms with E-state index in [1.54, 1.807) is 0 Å². The van der Waals surface area contributed by atoms with E-state index >= 15 is 0 Å². The van der Waals surface area contributed by atoms with Crippen molar-refractivity contribution in [3.63, 3.8) is 0 Å². The second-order valence-corrected chi connectivity index (χ2v) is 6.54. The minimum atomic E-state index is -0.341. The van der Waals surface area contributed by atoms with Gasteiger partial charge in [-0.2, -0.15) is 4.98 Å². The lowest BCUT2D eigenvalue weighted by Gasteiger charge is -2.13. The first-order valence-corrected chi connectivity index (χ1v) is 9.59. The fraction of sp³-hybridized carbons (Fsp3) is 0.318. The second-order valence-electron chi connectivity index (χ2n) is 6.54. The molecule has 3 aromatic rings. The maximum Gasteiger partial charge on any atom is 0.356 e. The molecule has 0 unspecified atom stereocenters. The molecule has 6 nitrogen and oxygen atoms in total. The fourth-order valence-electron chi connectivity index (χ4n) is 3.10. The molecule has 0 amide bonds. The second kappa shape index (κ2) is 9.80. The van der Waals surface area contributed by atoms with E-state index in [1.165, 1.54) is 16.5 Å².